The van der Waals surface area contributed by atoms with Gasteiger partial charge >= 0.3 is 5.97 Å². The monoisotopic (exact) mass is 287 g/mol. The van der Waals surface area contributed by atoms with Gasteiger partial charge in [0.05, 0.1) is 7.11 Å². The standard InChI is InChI=1S/C15H33N3O2/c1-7-10-18(13-12-17(4)5)11-9-15(3,16-8-2)14(19)20-6/h16H,7-13H2,1-6H3. The molecule has 0 amide bonds. The van der Waals surface area contributed by atoms with Gasteiger partial charge in [0.15, 0.2) is 0 Å². The van der Waals surface area contributed by atoms with Crippen LogP contribution in [0.1, 0.15) is 33.6 Å². The molecule has 0 aliphatic heterocycles. The van der Waals surface area contributed by atoms with E-state index < -0.39 is 5.54 Å². The molecule has 1 unspecified atom stereocenters. The Morgan fingerprint density at radius 2 is 1.80 bits per heavy atom. The van der Waals surface area contributed by atoms with Crippen molar-refractivity contribution in [2.45, 2.75) is 39.2 Å². The summed E-state index contributed by atoms with van der Waals surface area (Å²) in [5.41, 5.74) is -0.590. The second-order valence-electron chi connectivity index (χ2n) is 5.75. The molecule has 0 aromatic rings. The highest BCUT2D eigenvalue weighted by Crippen LogP contribution is 2.13. The topological polar surface area (TPSA) is 44.8 Å². The van der Waals surface area contributed by atoms with Gasteiger partial charge in [-0.3, -0.25) is 4.79 Å². The minimum absolute atomic E-state index is 0.177. The van der Waals surface area contributed by atoms with Crippen molar-refractivity contribution in [1.82, 2.24) is 15.1 Å². The van der Waals surface area contributed by atoms with Crippen molar-refractivity contribution >= 4 is 5.97 Å². The quantitative estimate of drug-likeness (QED) is 0.578. The molecule has 5 heteroatoms. The Bertz CT molecular complexity index is 272. The van der Waals surface area contributed by atoms with E-state index in [0.717, 1.165) is 45.6 Å². The third kappa shape index (κ3) is 7.22. The van der Waals surface area contributed by atoms with Crippen molar-refractivity contribution in [3.63, 3.8) is 0 Å². The summed E-state index contributed by atoms with van der Waals surface area (Å²) in [6, 6.07) is 0. The van der Waals surface area contributed by atoms with E-state index in [-0.39, 0.29) is 5.97 Å². The molecule has 0 bridgehead atoms. The minimum atomic E-state index is -0.590. The molecular weight excluding hydrogens is 254 g/mol. The molecule has 0 radical (unpaired) electrons. The minimum Gasteiger partial charge on any atom is -0.468 e. The molecule has 0 rings (SSSR count). The second-order valence-corrected chi connectivity index (χ2v) is 5.75. The van der Waals surface area contributed by atoms with Crippen molar-refractivity contribution in [1.29, 1.82) is 0 Å². The molecule has 0 aromatic carbocycles. The maximum absolute atomic E-state index is 11.9. The van der Waals surface area contributed by atoms with Crippen molar-refractivity contribution < 1.29 is 9.53 Å². The van der Waals surface area contributed by atoms with Crippen LogP contribution in [0.4, 0.5) is 0 Å². The lowest BCUT2D eigenvalue weighted by Crippen LogP contribution is -2.52. The smallest absolute Gasteiger partial charge is 0.325 e. The molecular formula is C15H33N3O2. The van der Waals surface area contributed by atoms with E-state index in [0.29, 0.717) is 0 Å². The van der Waals surface area contributed by atoms with Gasteiger partial charge in [-0.25, -0.2) is 0 Å². The summed E-state index contributed by atoms with van der Waals surface area (Å²) in [5, 5.41) is 3.26. The molecule has 0 fully saturated rings. The molecule has 0 aromatic heterocycles. The molecule has 0 saturated heterocycles. The van der Waals surface area contributed by atoms with Crippen LogP contribution in [-0.2, 0) is 9.53 Å². The lowest BCUT2D eigenvalue weighted by molar-refractivity contribution is -0.148. The molecule has 1 N–H and O–H groups in total. The summed E-state index contributed by atoms with van der Waals surface area (Å²) in [6.07, 6.45) is 1.89. The fraction of sp³-hybridized carbons (Fsp3) is 0.933. The fourth-order valence-corrected chi connectivity index (χ4v) is 2.25. The largest absolute Gasteiger partial charge is 0.468 e. The van der Waals surface area contributed by atoms with E-state index in [1.54, 1.807) is 0 Å². The first-order chi connectivity index (χ1) is 9.39. The maximum atomic E-state index is 11.9. The van der Waals surface area contributed by atoms with Crippen molar-refractivity contribution in [2.24, 2.45) is 0 Å². The van der Waals surface area contributed by atoms with Gasteiger partial charge in [-0.1, -0.05) is 13.8 Å². The van der Waals surface area contributed by atoms with Crippen LogP contribution >= 0.6 is 0 Å². The van der Waals surface area contributed by atoms with Crippen molar-refractivity contribution in [3.05, 3.63) is 0 Å². The molecule has 5 nitrogen and oxygen atoms in total. The van der Waals surface area contributed by atoms with E-state index in [1.807, 2.05) is 13.8 Å². The SMILES string of the molecule is CCCN(CCN(C)C)CCC(C)(NCC)C(=O)OC. The number of nitrogens with zero attached hydrogens (tertiary/aromatic N) is 2. The number of hydrogen-bond acceptors (Lipinski definition) is 5. The number of methoxy groups -OCH3 is 1. The Morgan fingerprint density at radius 3 is 2.25 bits per heavy atom. The van der Waals surface area contributed by atoms with Crippen LogP contribution in [-0.4, -0.2) is 75.2 Å². The van der Waals surface area contributed by atoms with Crippen LogP contribution in [0.25, 0.3) is 0 Å². The van der Waals surface area contributed by atoms with Gasteiger partial charge in [0.1, 0.15) is 5.54 Å². The second kappa shape index (κ2) is 10.1. The predicted molar refractivity (Wildman–Crippen MR) is 84.0 cm³/mol. The first-order valence-electron chi connectivity index (χ1n) is 7.60. The van der Waals surface area contributed by atoms with Gasteiger partial charge in [0.2, 0.25) is 0 Å². The first-order valence-corrected chi connectivity index (χ1v) is 7.60. The summed E-state index contributed by atoms with van der Waals surface area (Å²) in [4.78, 5) is 16.6. The highest BCUT2D eigenvalue weighted by molar-refractivity contribution is 5.80. The zero-order chi connectivity index (χ0) is 15.6. The lowest BCUT2D eigenvalue weighted by Gasteiger charge is -2.31. The Hall–Kier alpha value is -0.650. The van der Waals surface area contributed by atoms with Gasteiger partial charge in [-0.2, -0.15) is 0 Å². The van der Waals surface area contributed by atoms with E-state index in [4.69, 9.17) is 4.74 Å². The van der Waals surface area contributed by atoms with E-state index in [9.17, 15) is 4.79 Å². The highest BCUT2D eigenvalue weighted by Gasteiger charge is 2.33. The first kappa shape index (κ1) is 19.4. The van der Waals surface area contributed by atoms with Crippen LogP contribution in [0, 0.1) is 0 Å². The molecule has 20 heavy (non-hydrogen) atoms. The number of likely N-dealkylation sites (N-methyl/N-ethyl adjacent to an activating group) is 2. The number of hydrogen-bond donors (Lipinski definition) is 1. The number of carbonyl (C=O) groups excluding carboxylic acids is 1. The van der Waals surface area contributed by atoms with Crippen LogP contribution in [0.3, 0.4) is 0 Å². The van der Waals surface area contributed by atoms with E-state index in [2.05, 4.69) is 36.1 Å². The van der Waals surface area contributed by atoms with Crippen molar-refractivity contribution in [3.8, 4) is 0 Å². The van der Waals surface area contributed by atoms with Gasteiger partial charge in [0, 0.05) is 19.6 Å². The van der Waals surface area contributed by atoms with Gasteiger partial charge in [0.25, 0.3) is 0 Å². The third-order valence-corrected chi connectivity index (χ3v) is 3.53. The summed E-state index contributed by atoms with van der Waals surface area (Å²) in [6.45, 7) is 10.9. The molecule has 0 spiro atoms. The number of ether oxygens (including phenoxy) is 1. The Labute approximate surface area is 124 Å². The lowest BCUT2D eigenvalue weighted by atomic mass is 9.97. The Kier molecular flexibility index (Phi) is 9.80. The summed E-state index contributed by atoms with van der Waals surface area (Å²) >= 11 is 0. The molecule has 120 valence electrons. The number of carbonyl (C=O) groups is 1. The zero-order valence-corrected chi connectivity index (χ0v) is 14.2. The maximum Gasteiger partial charge on any atom is 0.325 e. The third-order valence-electron chi connectivity index (χ3n) is 3.53. The molecule has 1 atom stereocenters. The fourth-order valence-electron chi connectivity index (χ4n) is 2.25. The average molecular weight is 287 g/mol. The van der Waals surface area contributed by atoms with E-state index >= 15 is 0 Å². The molecule has 0 saturated carbocycles. The predicted octanol–water partition coefficient (Wildman–Crippen LogP) is 1.19. The van der Waals surface area contributed by atoms with Crippen LogP contribution in [0.15, 0.2) is 0 Å². The Balaban J connectivity index is 4.49. The van der Waals surface area contributed by atoms with E-state index in [1.165, 1.54) is 7.11 Å². The summed E-state index contributed by atoms with van der Waals surface area (Å²) in [5.74, 6) is -0.177. The van der Waals surface area contributed by atoms with Crippen LogP contribution in [0.2, 0.25) is 0 Å². The van der Waals surface area contributed by atoms with Crippen LogP contribution in [0.5, 0.6) is 0 Å². The van der Waals surface area contributed by atoms with Crippen molar-refractivity contribution in [2.75, 3.05) is 53.9 Å². The zero-order valence-electron chi connectivity index (χ0n) is 14.2. The molecule has 0 aliphatic rings. The molecule has 0 heterocycles. The number of esters is 1. The average Bonchev–Trinajstić information content (AvgIpc) is 2.41. The Morgan fingerprint density at radius 1 is 1.15 bits per heavy atom. The van der Waals surface area contributed by atoms with Crippen LogP contribution < -0.4 is 5.32 Å². The van der Waals surface area contributed by atoms with Gasteiger partial charge < -0.3 is 19.9 Å². The number of nitrogens with one attached hydrogen (secondary N) is 1. The summed E-state index contributed by atoms with van der Waals surface area (Å²) < 4.78 is 4.93. The number of rotatable bonds is 11. The normalized spacial score (nSPS) is 14.6. The van der Waals surface area contributed by atoms with Gasteiger partial charge in [-0.15, -0.1) is 0 Å². The molecule has 0 aliphatic carbocycles. The summed E-state index contributed by atoms with van der Waals surface area (Å²) in [7, 11) is 5.62. The highest BCUT2D eigenvalue weighted by atomic mass is 16.5. The van der Waals surface area contributed by atoms with Gasteiger partial charge in [-0.05, 0) is 47.0 Å².